The molecule has 2 nitrogen and oxygen atoms in total. The molecular formula is C23H18BrNO. The van der Waals surface area contributed by atoms with Gasteiger partial charge in [-0.3, -0.25) is 4.79 Å². The maximum atomic E-state index is 12.2. The third-order valence-corrected chi connectivity index (χ3v) is 4.41. The van der Waals surface area contributed by atoms with E-state index in [0.29, 0.717) is 12.1 Å². The van der Waals surface area contributed by atoms with Crippen LogP contribution < -0.4 is 5.32 Å². The zero-order valence-corrected chi connectivity index (χ0v) is 15.8. The van der Waals surface area contributed by atoms with Crippen molar-refractivity contribution in [3.05, 3.63) is 106 Å². The van der Waals surface area contributed by atoms with E-state index in [2.05, 4.69) is 45.2 Å². The lowest BCUT2D eigenvalue weighted by molar-refractivity contribution is 0.0954. The first kappa shape index (κ1) is 18.0. The molecule has 0 atom stereocenters. The van der Waals surface area contributed by atoms with Gasteiger partial charge < -0.3 is 5.32 Å². The number of benzene rings is 3. The Balaban J connectivity index is 1.53. The highest BCUT2D eigenvalue weighted by molar-refractivity contribution is 9.10. The standard InChI is InChI=1S/C23H18BrNO/c24-22-14-10-20(11-15-22)16-17-25-23(26)21-12-8-19(9-13-21)7-6-18-4-2-1-3-5-18/h1-5,8-15H,16-17H2,(H,25,26). The molecule has 128 valence electrons. The van der Waals surface area contributed by atoms with Crippen molar-refractivity contribution in [2.45, 2.75) is 6.42 Å². The van der Waals surface area contributed by atoms with Crippen molar-refractivity contribution in [1.29, 1.82) is 0 Å². The van der Waals surface area contributed by atoms with Crippen LogP contribution in [0.1, 0.15) is 27.0 Å². The average Bonchev–Trinajstić information content (AvgIpc) is 2.69. The van der Waals surface area contributed by atoms with Crippen molar-refractivity contribution >= 4 is 21.8 Å². The number of carbonyl (C=O) groups excluding carboxylic acids is 1. The summed E-state index contributed by atoms with van der Waals surface area (Å²) in [6.45, 7) is 0.607. The number of hydrogen-bond donors (Lipinski definition) is 1. The molecular weight excluding hydrogens is 386 g/mol. The normalized spacial score (nSPS) is 9.88. The Morgan fingerprint density at radius 3 is 2.08 bits per heavy atom. The lowest BCUT2D eigenvalue weighted by Crippen LogP contribution is -2.25. The molecule has 0 heterocycles. The molecule has 3 rings (SSSR count). The highest BCUT2D eigenvalue weighted by Gasteiger charge is 2.04. The van der Waals surface area contributed by atoms with E-state index in [0.717, 1.165) is 22.0 Å². The third kappa shape index (κ3) is 5.34. The molecule has 0 aliphatic carbocycles. The van der Waals surface area contributed by atoms with E-state index in [9.17, 15) is 4.79 Å². The molecule has 0 bridgehead atoms. The number of hydrogen-bond acceptors (Lipinski definition) is 1. The van der Waals surface area contributed by atoms with Crippen LogP contribution in [0.25, 0.3) is 0 Å². The maximum Gasteiger partial charge on any atom is 0.251 e. The molecule has 26 heavy (non-hydrogen) atoms. The number of amides is 1. The second kappa shape index (κ2) is 9.03. The van der Waals surface area contributed by atoms with Crippen molar-refractivity contribution in [3.63, 3.8) is 0 Å². The minimum atomic E-state index is -0.0651. The lowest BCUT2D eigenvalue weighted by Gasteiger charge is -2.06. The summed E-state index contributed by atoms with van der Waals surface area (Å²) >= 11 is 3.42. The van der Waals surface area contributed by atoms with Gasteiger partial charge in [0.2, 0.25) is 0 Å². The van der Waals surface area contributed by atoms with Gasteiger partial charge in [-0.2, -0.15) is 0 Å². The Morgan fingerprint density at radius 2 is 1.42 bits per heavy atom. The maximum absolute atomic E-state index is 12.2. The zero-order chi connectivity index (χ0) is 18.2. The van der Waals surface area contributed by atoms with Crippen LogP contribution in [0.4, 0.5) is 0 Å². The van der Waals surface area contributed by atoms with Gasteiger partial charge in [-0.25, -0.2) is 0 Å². The van der Waals surface area contributed by atoms with Crippen LogP contribution in [-0.2, 0) is 6.42 Å². The minimum Gasteiger partial charge on any atom is -0.352 e. The fraction of sp³-hybridized carbons (Fsp3) is 0.0870. The zero-order valence-electron chi connectivity index (χ0n) is 14.2. The molecule has 3 heteroatoms. The Hall–Kier alpha value is -2.83. The molecule has 0 aliphatic rings. The topological polar surface area (TPSA) is 29.1 Å². The summed E-state index contributed by atoms with van der Waals surface area (Å²) in [5, 5.41) is 2.95. The molecule has 0 radical (unpaired) electrons. The second-order valence-corrected chi connectivity index (χ2v) is 6.74. The van der Waals surface area contributed by atoms with Crippen LogP contribution in [0, 0.1) is 11.8 Å². The first-order valence-electron chi connectivity index (χ1n) is 8.40. The molecule has 0 aromatic heterocycles. The van der Waals surface area contributed by atoms with Gasteiger partial charge in [0.25, 0.3) is 5.91 Å². The molecule has 0 spiro atoms. The van der Waals surface area contributed by atoms with E-state index in [1.165, 1.54) is 5.56 Å². The highest BCUT2D eigenvalue weighted by Crippen LogP contribution is 2.10. The Labute approximate surface area is 162 Å². The molecule has 1 amide bonds. The Bertz CT molecular complexity index is 920. The summed E-state index contributed by atoms with van der Waals surface area (Å²) in [6, 6.07) is 25.3. The lowest BCUT2D eigenvalue weighted by atomic mass is 10.1. The van der Waals surface area contributed by atoms with Crippen LogP contribution in [0.3, 0.4) is 0 Å². The van der Waals surface area contributed by atoms with Gasteiger partial charge in [-0.05, 0) is 60.5 Å². The first-order valence-corrected chi connectivity index (χ1v) is 9.20. The second-order valence-electron chi connectivity index (χ2n) is 5.83. The van der Waals surface area contributed by atoms with E-state index in [4.69, 9.17) is 0 Å². The molecule has 0 fully saturated rings. The van der Waals surface area contributed by atoms with Crippen molar-refractivity contribution < 1.29 is 4.79 Å². The predicted octanol–water partition coefficient (Wildman–Crippen LogP) is 4.82. The van der Waals surface area contributed by atoms with Crippen LogP contribution in [-0.4, -0.2) is 12.5 Å². The quantitative estimate of drug-likeness (QED) is 0.621. The minimum absolute atomic E-state index is 0.0651. The van der Waals surface area contributed by atoms with E-state index >= 15 is 0 Å². The molecule has 3 aromatic rings. The number of carbonyl (C=O) groups is 1. The van der Waals surface area contributed by atoms with Crippen LogP contribution in [0.15, 0.2) is 83.3 Å². The van der Waals surface area contributed by atoms with Gasteiger partial charge in [-0.15, -0.1) is 0 Å². The summed E-state index contributed by atoms with van der Waals surface area (Å²) in [7, 11) is 0. The molecule has 0 saturated carbocycles. The van der Waals surface area contributed by atoms with Gasteiger partial charge >= 0.3 is 0 Å². The van der Waals surface area contributed by atoms with E-state index in [1.54, 1.807) is 0 Å². The van der Waals surface area contributed by atoms with Gasteiger partial charge in [0.05, 0.1) is 0 Å². The van der Waals surface area contributed by atoms with Gasteiger partial charge in [-0.1, -0.05) is 58.1 Å². The van der Waals surface area contributed by atoms with Crippen LogP contribution in [0.2, 0.25) is 0 Å². The summed E-state index contributed by atoms with van der Waals surface area (Å²) in [6.07, 6.45) is 0.805. The SMILES string of the molecule is O=C(NCCc1ccc(Br)cc1)c1ccc(C#Cc2ccccc2)cc1. The van der Waals surface area contributed by atoms with Crippen LogP contribution >= 0.6 is 15.9 Å². The molecule has 0 aliphatic heterocycles. The number of halogens is 1. The van der Waals surface area contributed by atoms with Gasteiger partial charge in [0.1, 0.15) is 0 Å². The third-order valence-electron chi connectivity index (χ3n) is 3.88. The molecule has 0 unspecified atom stereocenters. The van der Waals surface area contributed by atoms with Crippen molar-refractivity contribution in [1.82, 2.24) is 5.32 Å². The molecule has 3 aromatic carbocycles. The summed E-state index contributed by atoms with van der Waals surface area (Å²) in [4.78, 5) is 12.2. The number of rotatable bonds is 4. The Kier molecular flexibility index (Phi) is 6.24. The van der Waals surface area contributed by atoms with E-state index < -0.39 is 0 Å². The van der Waals surface area contributed by atoms with Gasteiger partial charge in [0, 0.05) is 27.7 Å². The van der Waals surface area contributed by atoms with Gasteiger partial charge in [0.15, 0.2) is 0 Å². The van der Waals surface area contributed by atoms with Crippen molar-refractivity contribution in [2.75, 3.05) is 6.54 Å². The Morgan fingerprint density at radius 1 is 0.808 bits per heavy atom. The van der Waals surface area contributed by atoms with Crippen LogP contribution in [0.5, 0.6) is 0 Å². The monoisotopic (exact) mass is 403 g/mol. The fourth-order valence-electron chi connectivity index (χ4n) is 2.44. The van der Waals surface area contributed by atoms with Crippen molar-refractivity contribution in [2.24, 2.45) is 0 Å². The molecule has 0 saturated heterocycles. The first-order chi connectivity index (χ1) is 12.7. The summed E-state index contributed by atoms with van der Waals surface area (Å²) < 4.78 is 1.06. The van der Waals surface area contributed by atoms with E-state index in [1.807, 2.05) is 66.7 Å². The summed E-state index contributed by atoms with van der Waals surface area (Å²) in [5.74, 6) is 6.16. The highest BCUT2D eigenvalue weighted by atomic mass is 79.9. The van der Waals surface area contributed by atoms with Crippen molar-refractivity contribution in [3.8, 4) is 11.8 Å². The average molecular weight is 404 g/mol. The largest absolute Gasteiger partial charge is 0.352 e. The summed E-state index contributed by atoms with van der Waals surface area (Å²) in [5.41, 5.74) is 3.70. The number of nitrogens with one attached hydrogen (secondary N) is 1. The smallest absolute Gasteiger partial charge is 0.251 e. The van der Waals surface area contributed by atoms with E-state index in [-0.39, 0.29) is 5.91 Å². The molecule has 1 N–H and O–H groups in total. The predicted molar refractivity (Wildman–Crippen MR) is 109 cm³/mol. The fourth-order valence-corrected chi connectivity index (χ4v) is 2.71.